The summed E-state index contributed by atoms with van der Waals surface area (Å²) in [6.45, 7) is 6.95. The Morgan fingerprint density at radius 1 is 1.39 bits per heavy atom. The van der Waals surface area contributed by atoms with E-state index in [1.807, 2.05) is 0 Å². The summed E-state index contributed by atoms with van der Waals surface area (Å²) in [6.07, 6.45) is 7.46. The first-order chi connectivity index (χ1) is 8.75. The molecular weight excluding hydrogens is 292 g/mol. The van der Waals surface area contributed by atoms with Crippen molar-refractivity contribution in [3.63, 3.8) is 0 Å². The number of piperidine rings is 1. The van der Waals surface area contributed by atoms with Gasteiger partial charge in [0, 0.05) is 19.3 Å². The first-order valence-corrected chi connectivity index (χ1v) is 7.46. The van der Waals surface area contributed by atoms with Crippen LogP contribution in [0.25, 0.3) is 0 Å². The lowest BCUT2D eigenvalue weighted by Gasteiger charge is -2.29. The molecule has 18 heavy (non-hydrogen) atoms. The number of nitrogens with zero attached hydrogens (tertiary/aromatic N) is 3. The summed E-state index contributed by atoms with van der Waals surface area (Å²) in [6, 6.07) is 0. The molecule has 1 saturated heterocycles. The zero-order valence-electron chi connectivity index (χ0n) is 10.9. The Kier molecular flexibility index (Phi) is 5.38. The quantitative estimate of drug-likeness (QED) is 0.907. The first kappa shape index (κ1) is 13.7. The summed E-state index contributed by atoms with van der Waals surface area (Å²) < 4.78 is 0.926. The minimum absolute atomic E-state index is 0.630. The second-order valence-electron chi connectivity index (χ2n) is 5.07. The van der Waals surface area contributed by atoms with Crippen molar-refractivity contribution in [3.8, 4) is 0 Å². The zero-order valence-corrected chi connectivity index (χ0v) is 12.5. The number of nitrogens with one attached hydrogen (secondary N) is 1. The normalized spacial score (nSPS) is 18.6. The van der Waals surface area contributed by atoms with E-state index in [-0.39, 0.29) is 0 Å². The van der Waals surface area contributed by atoms with Crippen LogP contribution in [0.4, 0.5) is 5.82 Å². The van der Waals surface area contributed by atoms with Gasteiger partial charge in [0.1, 0.15) is 12.1 Å². The lowest BCUT2D eigenvalue weighted by Crippen LogP contribution is -2.35. The van der Waals surface area contributed by atoms with E-state index in [1.165, 1.54) is 38.9 Å². The van der Waals surface area contributed by atoms with Crippen LogP contribution in [0.5, 0.6) is 0 Å². The van der Waals surface area contributed by atoms with Crippen molar-refractivity contribution >= 4 is 21.7 Å². The van der Waals surface area contributed by atoms with Gasteiger partial charge >= 0.3 is 0 Å². The van der Waals surface area contributed by atoms with Gasteiger partial charge in [-0.1, -0.05) is 13.3 Å². The maximum Gasteiger partial charge on any atom is 0.143 e. The molecule has 1 fully saturated rings. The third kappa shape index (κ3) is 4.21. The van der Waals surface area contributed by atoms with Crippen molar-refractivity contribution in [1.82, 2.24) is 14.9 Å². The van der Waals surface area contributed by atoms with Crippen molar-refractivity contribution < 1.29 is 0 Å². The molecule has 1 atom stereocenters. The fraction of sp³-hybridized carbons (Fsp3) is 0.692. The number of hydrogen-bond acceptors (Lipinski definition) is 4. The lowest BCUT2D eigenvalue weighted by molar-refractivity contribution is 0.204. The second-order valence-corrected chi connectivity index (χ2v) is 5.92. The van der Waals surface area contributed by atoms with Gasteiger partial charge in [-0.25, -0.2) is 9.97 Å². The van der Waals surface area contributed by atoms with Crippen LogP contribution < -0.4 is 5.32 Å². The highest BCUT2D eigenvalue weighted by Crippen LogP contribution is 2.17. The van der Waals surface area contributed by atoms with Crippen LogP contribution >= 0.6 is 15.9 Å². The van der Waals surface area contributed by atoms with Crippen molar-refractivity contribution in [1.29, 1.82) is 0 Å². The lowest BCUT2D eigenvalue weighted by atomic mass is 10.1. The van der Waals surface area contributed by atoms with Gasteiger partial charge in [0.25, 0.3) is 0 Å². The fourth-order valence-corrected chi connectivity index (χ4v) is 2.72. The molecule has 0 saturated carbocycles. The van der Waals surface area contributed by atoms with Crippen LogP contribution in [0.1, 0.15) is 26.2 Å². The van der Waals surface area contributed by atoms with E-state index in [0.717, 1.165) is 16.8 Å². The van der Waals surface area contributed by atoms with Crippen LogP contribution in [0.3, 0.4) is 0 Å². The van der Waals surface area contributed by atoms with Gasteiger partial charge < -0.3 is 10.2 Å². The van der Waals surface area contributed by atoms with Crippen molar-refractivity contribution in [2.24, 2.45) is 5.92 Å². The van der Waals surface area contributed by atoms with Crippen LogP contribution in [0.2, 0.25) is 0 Å². The fourth-order valence-electron chi connectivity index (χ4n) is 2.36. The predicted octanol–water partition coefficient (Wildman–Crippen LogP) is 2.77. The highest BCUT2D eigenvalue weighted by Gasteiger charge is 2.13. The molecule has 4 nitrogen and oxygen atoms in total. The summed E-state index contributed by atoms with van der Waals surface area (Å²) in [5.74, 6) is 1.51. The van der Waals surface area contributed by atoms with Gasteiger partial charge in [0.05, 0.1) is 4.47 Å². The molecule has 2 rings (SSSR count). The van der Waals surface area contributed by atoms with E-state index in [9.17, 15) is 0 Å². The molecule has 1 N–H and O–H groups in total. The molecule has 0 aromatic carbocycles. The Morgan fingerprint density at radius 3 is 2.89 bits per heavy atom. The number of halogens is 1. The molecule has 1 aliphatic rings. The number of anilines is 1. The maximum absolute atomic E-state index is 4.21. The molecule has 5 heteroatoms. The molecule has 2 heterocycles. The Hall–Kier alpha value is -0.680. The van der Waals surface area contributed by atoms with E-state index in [2.05, 4.69) is 43.0 Å². The summed E-state index contributed by atoms with van der Waals surface area (Å²) >= 11 is 3.45. The van der Waals surface area contributed by atoms with Crippen LogP contribution in [0.15, 0.2) is 17.0 Å². The van der Waals surface area contributed by atoms with Gasteiger partial charge in [-0.3, -0.25) is 0 Å². The van der Waals surface area contributed by atoms with E-state index < -0.39 is 0 Å². The van der Waals surface area contributed by atoms with Crippen molar-refractivity contribution in [2.75, 3.05) is 31.5 Å². The highest BCUT2D eigenvalue weighted by atomic mass is 79.9. The molecule has 0 amide bonds. The van der Waals surface area contributed by atoms with Gasteiger partial charge in [-0.2, -0.15) is 0 Å². The van der Waals surface area contributed by atoms with Crippen LogP contribution in [-0.4, -0.2) is 41.0 Å². The maximum atomic E-state index is 4.21. The Morgan fingerprint density at radius 2 is 2.17 bits per heavy atom. The Labute approximate surface area is 117 Å². The summed E-state index contributed by atoms with van der Waals surface area (Å²) in [4.78, 5) is 10.7. The van der Waals surface area contributed by atoms with Gasteiger partial charge in [0.2, 0.25) is 0 Å². The SMILES string of the molecule is CC(CNc1ncncc1Br)CN1CCCCC1. The highest BCUT2D eigenvalue weighted by molar-refractivity contribution is 9.10. The number of hydrogen-bond donors (Lipinski definition) is 1. The first-order valence-electron chi connectivity index (χ1n) is 6.67. The number of aromatic nitrogens is 2. The second kappa shape index (κ2) is 7.04. The van der Waals surface area contributed by atoms with Gasteiger partial charge in [0.15, 0.2) is 0 Å². The summed E-state index contributed by atoms with van der Waals surface area (Å²) in [5, 5.41) is 3.38. The van der Waals surface area contributed by atoms with E-state index in [1.54, 1.807) is 12.5 Å². The smallest absolute Gasteiger partial charge is 0.143 e. The monoisotopic (exact) mass is 312 g/mol. The van der Waals surface area contributed by atoms with E-state index in [4.69, 9.17) is 0 Å². The average molecular weight is 313 g/mol. The van der Waals surface area contributed by atoms with Crippen molar-refractivity contribution in [2.45, 2.75) is 26.2 Å². The zero-order chi connectivity index (χ0) is 12.8. The third-order valence-corrected chi connectivity index (χ3v) is 3.88. The number of likely N-dealkylation sites (tertiary alicyclic amines) is 1. The topological polar surface area (TPSA) is 41.1 Å². The van der Waals surface area contributed by atoms with Crippen molar-refractivity contribution in [3.05, 3.63) is 17.0 Å². The molecule has 1 unspecified atom stereocenters. The summed E-state index contributed by atoms with van der Waals surface area (Å²) in [7, 11) is 0. The molecule has 0 spiro atoms. The largest absolute Gasteiger partial charge is 0.369 e. The molecule has 0 aliphatic carbocycles. The molecule has 1 aliphatic heterocycles. The third-order valence-electron chi connectivity index (χ3n) is 3.30. The summed E-state index contributed by atoms with van der Waals surface area (Å²) in [5.41, 5.74) is 0. The molecule has 100 valence electrons. The molecule has 0 bridgehead atoms. The molecule has 1 aromatic rings. The van der Waals surface area contributed by atoms with Crippen LogP contribution in [0, 0.1) is 5.92 Å². The van der Waals surface area contributed by atoms with Crippen LogP contribution in [-0.2, 0) is 0 Å². The molecular formula is C13H21BrN4. The minimum atomic E-state index is 0.630. The van der Waals surface area contributed by atoms with Gasteiger partial charge in [-0.15, -0.1) is 0 Å². The minimum Gasteiger partial charge on any atom is -0.369 e. The molecule has 1 aromatic heterocycles. The Balaban J connectivity index is 1.74. The standard InChI is InChI=1S/C13H21BrN4/c1-11(9-18-5-3-2-4-6-18)7-16-13-12(14)8-15-10-17-13/h8,10-11H,2-7,9H2,1H3,(H,15,16,17). The average Bonchev–Trinajstić information content (AvgIpc) is 2.39. The predicted molar refractivity (Wildman–Crippen MR) is 77.7 cm³/mol. The molecule has 0 radical (unpaired) electrons. The van der Waals surface area contributed by atoms with E-state index >= 15 is 0 Å². The van der Waals surface area contributed by atoms with Gasteiger partial charge in [-0.05, 0) is 47.8 Å². The number of rotatable bonds is 5. The Bertz CT molecular complexity index is 366. The van der Waals surface area contributed by atoms with E-state index in [0.29, 0.717) is 5.92 Å².